The first-order valence-corrected chi connectivity index (χ1v) is 16.3. The standard InChI is InChI=1S/C45H28N4/c46-29-31-22-24-41-37(26-31)38-27-32(30-47)23-25-42(38)48(41)35-16-11-17-36(28-35)49-43-20-9-7-18-39(43)45(33-12-3-1-4-13-33,34-14-5-2-6-15-34)40-19-8-10-21-44(40)49/h1-28H. The first-order valence-electron chi connectivity index (χ1n) is 16.3. The quantitative estimate of drug-likeness (QED) is 0.196. The average molecular weight is 625 g/mol. The molecule has 49 heavy (non-hydrogen) atoms. The van der Waals surface area contributed by atoms with Crippen molar-refractivity contribution in [2.45, 2.75) is 5.41 Å². The van der Waals surface area contributed by atoms with E-state index in [-0.39, 0.29) is 0 Å². The molecule has 2 heterocycles. The number of nitrogens with zero attached hydrogens (tertiary/aromatic N) is 4. The summed E-state index contributed by atoms with van der Waals surface area (Å²) in [6.07, 6.45) is 0. The van der Waals surface area contributed by atoms with Crippen molar-refractivity contribution >= 4 is 38.9 Å². The maximum atomic E-state index is 9.70. The lowest BCUT2D eigenvalue weighted by atomic mass is 9.62. The van der Waals surface area contributed by atoms with Gasteiger partial charge in [0.05, 0.1) is 51.1 Å². The second kappa shape index (κ2) is 11.1. The van der Waals surface area contributed by atoms with Crippen LogP contribution in [0.2, 0.25) is 0 Å². The van der Waals surface area contributed by atoms with Gasteiger partial charge in [-0.3, -0.25) is 0 Å². The zero-order chi connectivity index (χ0) is 33.0. The molecule has 0 unspecified atom stereocenters. The summed E-state index contributed by atoms with van der Waals surface area (Å²) >= 11 is 0. The van der Waals surface area contributed by atoms with Gasteiger partial charge in [0, 0.05) is 22.1 Å². The van der Waals surface area contributed by atoms with E-state index in [2.05, 4.69) is 155 Å². The predicted octanol–water partition coefficient (Wildman–Crippen LogP) is 10.7. The third kappa shape index (κ3) is 4.15. The molecule has 0 radical (unpaired) electrons. The van der Waals surface area contributed by atoms with Gasteiger partial charge in [-0.25, -0.2) is 0 Å². The molecule has 7 aromatic carbocycles. The fourth-order valence-corrected chi connectivity index (χ4v) is 7.90. The molecule has 0 aliphatic carbocycles. The molecule has 8 aromatic rings. The average Bonchev–Trinajstić information content (AvgIpc) is 3.50. The third-order valence-corrected chi connectivity index (χ3v) is 9.88. The first-order chi connectivity index (χ1) is 24.2. The molecule has 9 rings (SSSR count). The molecular weight excluding hydrogens is 597 g/mol. The van der Waals surface area contributed by atoms with Gasteiger partial charge >= 0.3 is 0 Å². The van der Waals surface area contributed by atoms with Crippen LogP contribution in [0.3, 0.4) is 0 Å². The number of benzene rings is 7. The molecule has 228 valence electrons. The van der Waals surface area contributed by atoms with Crippen molar-refractivity contribution in [1.29, 1.82) is 10.5 Å². The van der Waals surface area contributed by atoms with E-state index in [4.69, 9.17) is 0 Å². The van der Waals surface area contributed by atoms with Crippen molar-refractivity contribution in [3.8, 4) is 17.8 Å². The van der Waals surface area contributed by atoms with Gasteiger partial charge in [0.2, 0.25) is 0 Å². The number of para-hydroxylation sites is 2. The third-order valence-electron chi connectivity index (χ3n) is 9.88. The smallest absolute Gasteiger partial charge is 0.0991 e. The normalized spacial score (nSPS) is 13.0. The maximum absolute atomic E-state index is 9.70. The SMILES string of the molecule is N#Cc1ccc2c(c1)c1cc(C#N)ccc1n2-c1cccc(N2c3ccccc3C(c3ccccc3)(c3ccccc3)c3ccccc32)c1. The lowest BCUT2D eigenvalue weighted by Gasteiger charge is -2.46. The fourth-order valence-electron chi connectivity index (χ4n) is 7.90. The fraction of sp³-hybridized carbons (Fsp3) is 0.0222. The summed E-state index contributed by atoms with van der Waals surface area (Å²) in [4.78, 5) is 2.38. The summed E-state index contributed by atoms with van der Waals surface area (Å²) in [5.74, 6) is 0. The van der Waals surface area contributed by atoms with Crippen molar-refractivity contribution in [3.63, 3.8) is 0 Å². The van der Waals surface area contributed by atoms with Gasteiger partial charge in [-0.05, 0) is 89.0 Å². The number of hydrogen-bond acceptors (Lipinski definition) is 3. The van der Waals surface area contributed by atoms with E-state index in [0.717, 1.165) is 44.6 Å². The number of fused-ring (bicyclic) bond motifs is 5. The van der Waals surface area contributed by atoms with Crippen LogP contribution >= 0.6 is 0 Å². The Kier molecular flexibility index (Phi) is 6.44. The molecule has 0 saturated heterocycles. The van der Waals surface area contributed by atoms with Crippen molar-refractivity contribution < 1.29 is 0 Å². The monoisotopic (exact) mass is 624 g/mol. The molecular formula is C45H28N4. The molecule has 1 aliphatic rings. The van der Waals surface area contributed by atoms with Gasteiger partial charge < -0.3 is 9.47 Å². The van der Waals surface area contributed by atoms with E-state index in [1.807, 2.05) is 36.4 Å². The van der Waals surface area contributed by atoms with Crippen molar-refractivity contribution in [3.05, 3.63) is 203 Å². The van der Waals surface area contributed by atoms with Crippen molar-refractivity contribution in [1.82, 2.24) is 4.57 Å². The Morgan fingerprint density at radius 3 is 1.41 bits per heavy atom. The Labute approximate surface area is 284 Å². The summed E-state index contributed by atoms with van der Waals surface area (Å²) in [5, 5.41) is 21.3. The topological polar surface area (TPSA) is 55.8 Å². The molecule has 0 N–H and O–H groups in total. The molecule has 0 spiro atoms. The largest absolute Gasteiger partial charge is 0.310 e. The zero-order valence-corrected chi connectivity index (χ0v) is 26.5. The molecule has 0 bridgehead atoms. The van der Waals surface area contributed by atoms with Crippen molar-refractivity contribution in [2.75, 3.05) is 4.90 Å². The van der Waals surface area contributed by atoms with Gasteiger partial charge in [0.1, 0.15) is 0 Å². The predicted molar refractivity (Wildman–Crippen MR) is 197 cm³/mol. The second-order valence-corrected chi connectivity index (χ2v) is 12.4. The molecule has 4 heteroatoms. The zero-order valence-electron chi connectivity index (χ0n) is 26.5. The Hall–Kier alpha value is -6.88. The van der Waals surface area contributed by atoms with Gasteiger partial charge in [0.25, 0.3) is 0 Å². The van der Waals surface area contributed by atoms with E-state index >= 15 is 0 Å². The van der Waals surface area contributed by atoms with E-state index in [9.17, 15) is 10.5 Å². The summed E-state index contributed by atoms with van der Waals surface area (Å²) in [6, 6.07) is 64.0. The minimum absolute atomic E-state index is 0.534. The number of hydrogen-bond donors (Lipinski definition) is 0. The molecule has 1 aliphatic heterocycles. The number of anilines is 3. The molecule has 0 fully saturated rings. The Morgan fingerprint density at radius 2 is 0.898 bits per heavy atom. The first kappa shape index (κ1) is 28.4. The van der Waals surface area contributed by atoms with Crippen LogP contribution in [0.5, 0.6) is 0 Å². The molecule has 1 aromatic heterocycles. The van der Waals surface area contributed by atoms with Crippen LogP contribution in [-0.2, 0) is 5.41 Å². The summed E-state index contributed by atoms with van der Waals surface area (Å²) in [5.41, 5.74) is 11.7. The summed E-state index contributed by atoms with van der Waals surface area (Å²) in [6.45, 7) is 0. The van der Waals surface area contributed by atoms with Crippen LogP contribution in [0, 0.1) is 22.7 Å². The maximum Gasteiger partial charge on any atom is 0.0991 e. The minimum Gasteiger partial charge on any atom is -0.310 e. The Balaban J connectivity index is 1.31. The van der Waals surface area contributed by atoms with E-state index in [1.165, 1.54) is 22.3 Å². The lowest BCUT2D eigenvalue weighted by Crippen LogP contribution is -2.37. The van der Waals surface area contributed by atoms with Crippen LogP contribution in [0.15, 0.2) is 170 Å². The highest BCUT2D eigenvalue weighted by Gasteiger charge is 2.46. The van der Waals surface area contributed by atoms with Gasteiger partial charge in [-0.1, -0.05) is 103 Å². The molecule has 0 amide bonds. The number of nitriles is 2. The van der Waals surface area contributed by atoms with Crippen LogP contribution in [0.1, 0.15) is 33.4 Å². The van der Waals surface area contributed by atoms with Crippen LogP contribution in [-0.4, -0.2) is 4.57 Å². The van der Waals surface area contributed by atoms with Crippen LogP contribution in [0.4, 0.5) is 17.1 Å². The van der Waals surface area contributed by atoms with Crippen LogP contribution < -0.4 is 4.90 Å². The van der Waals surface area contributed by atoms with Gasteiger partial charge in [0.15, 0.2) is 0 Å². The van der Waals surface area contributed by atoms with Gasteiger partial charge in [-0.2, -0.15) is 10.5 Å². The molecule has 0 saturated carbocycles. The molecule has 4 nitrogen and oxygen atoms in total. The summed E-state index contributed by atoms with van der Waals surface area (Å²) in [7, 11) is 0. The van der Waals surface area contributed by atoms with E-state index < -0.39 is 5.41 Å². The van der Waals surface area contributed by atoms with Gasteiger partial charge in [-0.15, -0.1) is 0 Å². The highest BCUT2D eigenvalue weighted by molar-refractivity contribution is 6.10. The van der Waals surface area contributed by atoms with E-state index in [0.29, 0.717) is 11.1 Å². The number of aromatic nitrogens is 1. The van der Waals surface area contributed by atoms with Crippen molar-refractivity contribution in [2.24, 2.45) is 0 Å². The second-order valence-electron chi connectivity index (χ2n) is 12.4. The summed E-state index contributed by atoms with van der Waals surface area (Å²) < 4.78 is 2.23. The molecule has 0 atom stereocenters. The highest BCUT2D eigenvalue weighted by Crippen LogP contribution is 2.57. The van der Waals surface area contributed by atoms with Crippen LogP contribution in [0.25, 0.3) is 27.5 Å². The highest BCUT2D eigenvalue weighted by atomic mass is 15.2. The Bertz CT molecular complexity index is 2480. The number of rotatable bonds is 4. The lowest BCUT2D eigenvalue weighted by molar-refractivity contribution is 0.731. The Morgan fingerprint density at radius 1 is 0.429 bits per heavy atom. The van der Waals surface area contributed by atoms with E-state index in [1.54, 1.807) is 0 Å². The minimum atomic E-state index is -0.534.